The van der Waals surface area contributed by atoms with E-state index in [1.807, 2.05) is 18.2 Å². The molecule has 0 spiro atoms. The van der Waals surface area contributed by atoms with E-state index in [0.717, 1.165) is 57.8 Å². The lowest BCUT2D eigenvalue weighted by Gasteiger charge is -2.22. The lowest BCUT2D eigenvalue weighted by Crippen LogP contribution is -2.38. The van der Waals surface area contributed by atoms with Gasteiger partial charge >= 0.3 is 25.7 Å². The molecule has 65 heavy (non-hydrogen) atoms. The predicted octanol–water partition coefficient (Wildman–Crippen LogP) is 9.54. The number of rotatable bonds is 43. The summed E-state index contributed by atoms with van der Waals surface area (Å²) in [5.41, 5.74) is 6.16. The van der Waals surface area contributed by atoms with E-state index in [2.05, 4.69) is 67.0 Å². The molecule has 0 bridgehead atoms. The van der Waals surface area contributed by atoms with Crippen LogP contribution in [0.25, 0.3) is 0 Å². The molecule has 1 unspecified atom stereocenters. The van der Waals surface area contributed by atoms with Gasteiger partial charge in [0.05, 0.1) is 25.9 Å². The zero-order valence-corrected chi connectivity index (χ0v) is 40.8. The van der Waals surface area contributed by atoms with Gasteiger partial charge in [-0.15, -0.1) is 11.8 Å². The second-order valence-electron chi connectivity index (χ2n) is 15.6. The Morgan fingerprint density at radius 1 is 0.677 bits per heavy atom. The summed E-state index contributed by atoms with van der Waals surface area (Å²) in [5.74, 6) is -2.46. The molecule has 7 N–H and O–H groups in total. The Labute approximate surface area is 393 Å². The SMILES string of the molecule is CCCCC/C=C\C\C=C/C=C/C=C/[C@@H](SC[C@H](N)C(=O)OC[C@H](COP(=O)(O)OC[C@@H](O)CO)OC(=O)CCCCCC/C=C\C/C=C\C/C=C\CCCCC)[C@@H](O)CCCC(=O)O. The van der Waals surface area contributed by atoms with Crippen LogP contribution >= 0.6 is 19.6 Å². The fourth-order valence-electron chi connectivity index (χ4n) is 5.73. The number of carboxylic acid groups (broad SMARTS) is 1. The van der Waals surface area contributed by atoms with Crippen molar-refractivity contribution >= 4 is 37.5 Å². The average molecular weight is 956 g/mol. The van der Waals surface area contributed by atoms with Gasteiger partial charge in [0, 0.05) is 23.8 Å². The summed E-state index contributed by atoms with van der Waals surface area (Å²) >= 11 is 1.19. The molecule has 0 rings (SSSR count). The highest BCUT2D eigenvalue weighted by Gasteiger charge is 2.28. The fraction of sp³-hybridized carbons (Fsp3) is 0.653. The Morgan fingerprint density at radius 3 is 1.83 bits per heavy atom. The summed E-state index contributed by atoms with van der Waals surface area (Å²) < 4.78 is 32.8. The minimum atomic E-state index is -4.77. The predicted molar refractivity (Wildman–Crippen MR) is 261 cm³/mol. The van der Waals surface area contributed by atoms with E-state index in [-0.39, 0.29) is 31.4 Å². The van der Waals surface area contributed by atoms with Crippen molar-refractivity contribution in [3.05, 3.63) is 85.1 Å². The highest BCUT2D eigenvalue weighted by Crippen LogP contribution is 2.43. The minimum absolute atomic E-state index is 0.00974. The number of hydrogen-bond donors (Lipinski definition) is 6. The van der Waals surface area contributed by atoms with Crippen LogP contribution in [0.3, 0.4) is 0 Å². The number of carboxylic acids is 1. The molecule has 0 aromatic carbocycles. The van der Waals surface area contributed by atoms with E-state index in [0.29, 0.717) is 6.42 Å². The summed E-state index contributed by atoms with van der Waals surface area (Å²) in [6.45, 7) is 1.71. The standard InChI is InChI=1S/C49H82NO13PS/c1-3-5-7-9-11-13-15-17-18-19-20-21-23-25-27-29-31-36-48(56)63-43(40-62-64(58,59)61-38-42(52)37-51)39-60-49(57)44(50)41-65-46(45(53)33-32-35-47(54)55)34-30-28-26-24-22-16-14-12-10-8-6-4-2/h11-14,17-18,20-22,24,26,28,30,34,42-46,51-53H,3-10,15-16,19,23,25,27,29,31-33,35-41,50H2,1-2H3,(H,54,55)(H,58,59)/b13-11-,14-12-,18-17-,21-20-,24-22-,28-26+,34-30+/t42-,43+,44-,45-,46+/m0/s1. The van der Waals surface area contributed by atoms with Crippen LogP contribution in [0.5, 0.6) is 0 Å². The Morgan fingerprint density at radius 2 is 1.23 bits per heavy atom. The van der Waals surface area contributed by atoms with Gasteiger partial charge in [-0.1, -0.05) is 137 Å². The highest BCUT2D eigenvalue weighted by molar-refractivity contribution is 8.00. The minimum Gasteiger partial charge on any atom is -0.481 e. The molecule has 6 atom stereocenters. The first-order chi connectivity index (χ1) is 31.3. The van der Waals surface area contributed by atoms with E-state index in [9.17, 15) is 34.1 Å². The van der Waals surface area contributed by atoms with Crippen molar-refractivity contribution in [1.29, 1.82) is 0 Å². The number of carbonyl (C=O) groups excluding carboxylic acids is 2. The second-order valence-corrected chi connectivity index (χ2v) is 18.3. The first-order valence-corrected chi connectivity index (χ1v) is 26.0. The Kier molecular flexibility index (Phi) is 41.4. The Balaban J connectivity index is 5.19. The second kappa shape index (κ2) is 43.5. The molecular weight excluding hydrogens is 874 g/mol. The number of aliphatic hydroxyl groups excluding tert-OH is 3. The van der Waals surface area contributed by atoms with E-state index in [1.54, 1.807) is 18.2 Å². The van der Waals surface area contributed by atoms with Crippen LogP contribution in [-0.4, -0.2) is 105 Å². The number of carbonyl (C=O) groups is 3. The number of nitrogens with two attached hydrogens (primary N) is 1. The molecule has 0 fully saturated rings. The van der Waals surface area contributed by atoms with Gasteiger partial charge < -0.3 is 40.5 Å². The number of esters is 2. The maximum Gasteiger partial charge on any atom is 0.472 e. The molecule has 0 aliphatic heterocycles. The number of thioether (sulfide) groups is 1. The van der Waals surface area contributed by atoms with Gasteiger partial charge in [-0.05, 0) is 77.0 Å². The molecule has 0 aliphatic rings. The Bertz CT molecular complexity index is 1480. The Hall–Kier alpha value is -3.11. The van der Waals surface area contributed by atoms with Crippen LogP contribution in [-0.2, 0) is 37.5 Å². The van der Waals surface area contributed by atoms with Gasteiger partial charge in [-0.3, -0.25) is 23.4 Å². The first-order valence-electron chi connectivity index (χ1n) is 23.5. The fourth-order valence-corrected chi connectivity index (χ4v) is 7.65. The molecule has 0 heterocycles. The summed E-state index contributed by atoms with van der Waals surface area (Å²) in [6.07, 6.45) is 41.6. The van der Waals surface area contributed by atoms with Crippen LogP contribution in [0.2, 0.25) is 0 Å². The molecule has 0 aliphatic carbocycles. The maximum atomic E-state index is 13.0. The lowest BCUT2D eigenvalue weighted by molar-refractivity contribution is -0.161. The quantitative estimate of drug-likeness (QED) is 0.0110. The van der Waals surface area contributed by atoms with Crippen LogP contribution in [0, 0.1) is 0 Å². The van der Waals surface area contributed by atoms with Crippen molar-refractivity contribution in [3.63, 3.8) is 0 Å². The van der Waals surface area contributed by atoms with E-state index in [1.165, 1.54) is 50.3 Å². The topological polar surface area (TPSA) is 232 Å². The number of allylic oxidation sites excluding steroid dienone is 13. The average Bonchev–Trinajstić information content (AvgIpc) is 3.28. The third-order valence-corrected chi connectivity index (χ3v) is 11.9. The van der Waals surface area contributed by atoms with Crippen molar-refractivity contribution < 1.29 is 62.8 Å². The zero-order chi connectivity index (χ0) is 48.2. The van der Waals surface area contributed by atoms with Crippen molar-refractivity contribution in [3.8, 4) is 0 Å². The number of phosphoric acid groups is 1. The molecule has 14 nitrogen and oxygen atoms in total. The largest absolute Gasteiger partial charge is 0.481 e. The van der Waals surface area contributed by atoms with Crippen molar-refractivity contribution in [2.45, 2.75) is 172 Å². The summed E-state index contributed by atoms with van der Waals surface area (Å²) in [6, 6.07) is -1.18. The smallest absolute Gasteiger partial charge is 0.472 e. The summed E-state index contributed by atoms with van der Waals surface area (Å²) in [4.78, 5) is 46.9. The van der Waals surface area contributed by atoms with Crippen molar-refractivity contribution in [2.24, 2.45) is 5.73 Å². The van der Waals surface area contributed by atoms with E-state index in [4.69, 9.17) is 29.9 Å². The van der Waals surface area contributed by atoms with Gasteiger partial charge in [0.1, 0.15) is 18.8 Å². The molecule has 0 aromatic heterocycles. The lowest BCUT2D eigenvalue weighted by atomic mass is 10.1. The number of hydrogen-bond acceptors (Lipinski definition) is 13. The van der Waals surface area contributed by atoms with Crippen LogP contribution in [0.4, 0.5) is 0 Å². The third-order valence-electron chi connectivity index (χ3n) is 9.52. The van der Waals surface area contributed by atoms with Crippen molar-refractivity contribution in [2.75, 3.05) is 32.2 Å². The normalized spacial score (nSPS) is 15.8. The molecule has 0 aromatic rings. The molecule has 16 heteroatoms. The number of aliphatic carboxylic acids is 1. The van der Waals surface area contributed by atoms with Gasteiger partial charge in [0.2, 0.25) is 0 Å². The van der Waals surface area contributed by atoms with Gasteiger partial charge in [-0.2, -0.15) is 0 Å². The first kappa shape index (κ1) is 61.9. The molecular formula is C49H82NO13PS. The summed E-state index contributed by atoms with van der Waals surface area (Å²) in [7, 11) is -4.77. The number of phosphoric ester groups is 1. The third kappa shape index (κ3) is 40.9. The zero-order valence-electron chi connectivity index (χ0n) is 39.1. The number of aliphatic hydroxyl groups is 3. The van der Waals surface area contributed by atoms with E-state index < -0.39 is 81.8 Å². The molecule has 0 saturated carbocycles. The van der Waals surface area contributed by atoms with Crippen LogP contribution in [0.1, 0.15) is 142 Å². The molecule has 372 valence electrons. The molecule has 0 amide bonds. The van der Waals surface area contributed by atoms with Gasteiger partial charge in [-0.25, -0.2) is 4.57 Å². The highest BCUT2D eigenvalue weighted by atomic mass is 32.2. The summed E-state index contributed by atoms with van der Waals surface area (Å²) in [5, 5.41) is 37.9. The number of unbranched alkanes of at least 4 members (excludes halogenated alkanes) is 10. The van der Waals surface area contributed by atoms with Crippen LogP contribution in [0.15, 0.2) is 85.1 Å². The van der Waals surface area contributed by atoms with Gasteiger partial charge in [0.25, 0.3) is 0 Å². The molecule has 0 saturated heterocycles. The monoisotopic (exact) mass is 956 g/mol. The van der Waals surface area contributed by atoms with Crippen molar-refractivity contribution in [1.82, 2.24) is 0 Å². The van der Waals surface area contributed by atoms with Crippen LogP contribution < -0.4 is 5.73 Å². The van der Waals surface area contributed by atoms with E-state index >= 15 is 0 Å². The van der Waals surface area contributed by atoms with Gasteiger partial charge in [0.15, 0.2) is 6.10 Å². The molecule has 0 radical (unpaired) electrons. The maximum absolute atomic E-state index is 13.0. The number of ether oxygens (including phenoxy) is 2.